The van der Waals surface area contributed by atoms with Gasteiger partial charge in [0.25, 0.3) is 0 Å². The second kappa shape index (κ2) is 7.56. The van der Waals surface area contributed by atoms with Gasteiger partial charge in [0.15, 0.2) is 5.82 Å². The first-order chi connectivity index (χ1) is 9.07. The van der Waals surface area contributed by atoms with Crippen molar-refractivity contribution in [3.05, 3.63) is 23.8 Å². The lowest BCUT2D eigenvalue weighted by Gasteiger charge is -2.28. The Kier molecular flexibility index (Phi) is 6.38. The predicted octanol–water partition coefficient (Wildman–Crippen LogP) is 2.88. The molecule has 1 heterocycles. The van der Waals surface area contributed by atoms with E-state index in [4.69, 9.17) is 4.74 Å². The molecule has 0 aliphatic rings. The van der Waals surface area contributed by atoms with E-state index in [2.05, 4.69) is 43.0 Å². The second-order valence-electron chi connectivity index (χ2n) is 5.30. The molecule has 4 nitrogen and oxygen atoms in total. The van der Waals surface area contributed by atoms with Gasteiger partial charge in [-0.25, -0.2) is 9.97 Å². The molecule has 108 valence electrons. The SMILES string of the molecule is CCC(CC)(OC)c1nccc(CNCC(C)C)n1. The first-order valence-corrected chi connectivity index (χ1v) is 7.16. The van der Waals surface area contributed by atoms with Crippen molar-refractivity contribution in [2.75, 3.05) is 13.7 Å². The summed E-state index contributed by atoms with van der Waals surface area (Å²) >= 11 is 0. The summed E-state index contributed by atoms with van der Waals surface area (Å²) in [6.45, 7) is 10.4. The molecule has 1 aromatic heterocycles. The number of aromatic nitrogens is 2. The molecule has 0 aliphatic heterocycles. The quantitative estimate of drug-likeness (QED) is 0.785. The minimum Gasteiger partial charge on any atom is -0.370 e. The monoisotopic (exact) mass is 265 g/mol. The molecule has 0 atom stereocenters. The number of rotatable bonds is 8. The van der Waals surface area contributed by atoms with Crippen LogP contribution in [0.1, 0.15) is 52.1 Å². The molecule has 0 fully saturated rings. The molecule has 0 saturated heterocycles. The van der Waals surface area contributed by atoms with Crippen molar-refractivity contribution in [3.8, 4) is 0 Å². The fraction of sp³-hybridized carbons (Fsp3) is 0.733. The maximum atomic E-state index is 5.67. The number of nitrogens with zero attached hydrogens (tertiary/aromatic N) is 2. The van der Waals surface area contributed by atoms with Crippen molar-refractivity contribution in [3.63, 3.8) is 0 Å². The molecule has 0 aromatic carbocycles. The third-order valence-corrected chi connectivity index (χ3v) is 3.51. The Morgan fingerprint density at radius 3 is 2.53 bits per heavy atom. The van der Waals surface area contributed by atoms with E-state index >= 15 is 0 Å². The Morgan fingerprint density at radius 2 is 2.00 bits per heavy atom. The van der Waals surface area contributed by atoms with Crippen LogP contribution in [0.2, 0.25) is 0 Å². The molecule has 1 rings (SSSR count). The molecule has 0 amide bonds. The minimum atomic E-state index is -0.353. The lowest BCUT2D eigenvalue weighted by Crippen LogP contribution is -2.30. The summed E-state index contributed by atoms with van der Waals surface area (Å²) in [4.78, 5) is 9.06. The largest absolute Gasteiger partial charge is 0.370 e. The van der Waals surface area contributed by atoms with E-state index in [-0.39, 0.29) is 5.60 Å². The van der Waals surface area contributed by atoms with Gasteiger partial charge in [-0.1, -0.05) is 27.7 Å². The molecule has 0 radical (unpaired) electrons. The molecule has 1 aromatic rings. The third kappa shape index (κ3) is 4.25. The van der Waals surface area contributed by atoms with Crippen molar-refractivity contribution < 1.29 is 4.74 Å². The Bertz CT molecular complexity index is 367. The van der Waals surface area contributed by atoms with Crippen molar-refractivity contribution in [2.45, 2.75) is 52.7 Å². The van der Waals surface area contributed by atoms with Gasteiger partial charge in [0.2, 0.25) is 0 Å². The smallest absolute Gasteiger partial charge is 0.160 e. The van der Waals surface area contributed by atoms with E-state index in [1.54, 1.807) is 7.11 Å². The highest BCUT2D eigenvalue weighted by Gasteiger charge is 2.31. The van der Waals surface area contributed by atoms with Crippen molar-refractivity contribution >= 4 is 0 Å². The summed E-state index contributed by atoms with van der Waals surface area (Å²) in [7, 11) is 1.74. The van der Waals surface area contributed by atoms with Gasteiger partial charge in [-0.3, -0.25) is 0 Å². The van der Waals surface area contributed by atoms with Crippen LogP contribution in [0.3, 0.4) is 0 Å². The normalized spacial score (nSPS) is 12.1. The number of nitrogens with one attached hydrogen (secondary N) is 1. The lowest BCUT2D eigenvalue weighted by atomic mass is 9.96. The van der Waals surface area contributed by atoms with E-state index in [0.717, 1.165) is 37.4 Å². The fourth-order valence-electron chi connectivity index (χ4n) is 2.15. The van der Waals surface area contributed by atoms with Gasteiger partial charge in [0.05, 0.1) is 5.69 Å². The summed E-state index contributed by atoms with van der Waals surface area (Å²) in [5.74, 6) is 1.44. The Morgan fingerprint density at radius 1 is 1.32 bits per heavy atom. The highest BCUT2D eigenvalue weighted by atomic mass is 16.5. The summed E-state index contributed by atoms with van der Waals surface area (Å²) in [6.07, 6.45) is 3.58. The van der Waals surface area contributed by atoms with Crippen LogP contribution < -0.4 is 5.32 Å². The van der Waals surface area contributed by atoms with E-state index in [1.807, 2.05) is 12.3 Å². The molecule has 4 heteroatoms. The third-order valence-electron chi connectivity index (χ3n) is 3.51. The standard InChI is InChI=1S/C15H27N3O/c1-6-15(7-2,19-5)14-17-9-8-13(18-14)11-16-10-12(3)4/h8-9,12,16H,6-7,10-11H2,1-5H3. The van der Waals surface area contributed by atoms with Crippen LogP contribution in [0.5, 0.6) is 0 Å². The van der Waals surface area contributed by atoms with E-state index in [9.17, 15) is 0 Å². The van der Waals surface area contributed by atoms with Gasteiger partial charge in [-0.2, -0.15) is 0 Å². The van der Waals surface area contributed by atoms with E-state index in [1.165, 1.54) is 0 Å². The summed E-state index contributed by atoms with van der Waals surface area (Å²) in [5.41, 5.74) is 0.669. The molecule has 0 spiro atoms. The van der Waals surface area contributed by atoms with Crippen LogP contribution in [0.25, 0.3) is 0 Å². The second-order valence-corrected chi connectivity index (χ2v) is 5.30. The van der Waals surface area contributed by atoms with Gasteiger partial charge < -0.3 is 10.1 Å². The average molecular weight is 265 g/mol. The fourth-order valence-corrected chi connectivity index (χ4v) is 2.15. The molecule has 1 N–H and O–H groups in total. The lowest BCUT2D eigenvalue weighted by molar-refractivity contribution is -0.0293. The zero-order valence-corrected chi connectivity index (χ0v) is 12.9. The summed E-state index contributed by atoms with van der Waals surface area (Å²) < 4.78 is 5.67. The molecule has 0 aliphatic carbocycles. The Balaban J connectivity index is 2.81. The number of ether oxygens (including phenoxy) is 1. The molecule has 0 saturated carbocycles. The van der Waals surface area contributed by atoms with E-state index < -0.39 is 0 Å². The van der Waals surface area contributed by atoms with Gasteiger partial charge in [0.1, 0.15) is 5.60 Å². The van der Waals surface area contributed by atoms with Gasteiger partial charge in [0, 0.05) is 19.9 Å². The summed E-state index contributed by atoms with van der Waals surface area (Å²) in [5, 5.41) is 3.40. The first-order valence-electron chi connectivity index (χ1n) is 7.16. The van der Waals surface area contributed by atoms with E-state index in [0.29, 0.717) is 5.92 Å². The van der Waals surface area contributed by atoms with Crippen LogP contribution in [-0.4, -0.2) is 23.6 Å². The van der Waals surface area contributed by atoms with Crippen LogP contribution in [0.4, 0.5) is 0 Å². The number of methoxy groups -OCH3 is 1. The van der Waals surface area contributed by atoms with Gasteiger partial charge in [-0.05, 0) is 31.4 Å². The minimum absolute atomic E-state index is 0.353. The predicted molar refractivity (Wildman–Crippen MR) is 77.8 cm³/mol. The molecular weight excluding hydrogens is 238 g/mol. The van der Waals surface area contributed by atoms with Crippen molar-refractivity contribution in [1.82, 2.24) is 15.3 Å². The average Bonchev–Trinajstić information content (AvgIpc) is 2.41. The maximum absolute atomic E-state index is 5.67. The zero-order chi connectivity index (χ0) is 14.3. The van der Waals surface area contributed by atoms with Gasteiger partial charge >= 0.3 is 0 Å². The molecular formula is C15H27N3O. The van der Waals surface area contributed by atoms with Crippen LogP contribution in [0, 0.1) is 5.92 Å². The highest BCUT2D eigenvalue weighted by Crippen LogP contribution is 2.29. The van der Waals surface area contributed by atoms with Crippen LogP contribution >= 0.6 is 0 Å². The van der Waals surface area contributed by atoms with Crippen molar-refractivity contribution in [1.29, 1.82) is 0 Å². The molecule has 19 heavy (non-hydrogen) atoms. The molecule has 0 bridgehead atoms. The summed E-state index contributed by atoms with van der Waals surface area (Å²) in [6, 6.07) is 1.96. The Hall–Kier alpha value is -1.00. The van der Waals surface area contributed by atoms with Crippen molar-refractivity contribution in [2.24, 2.45) is 5.92 Å². The van der Waals surface area contributed by atoms with Gasteiger partial charge in [-0.15, -0.1) is 0 Å². The molecule has 0 unspecified atom stereocenters. The zero-order valence-electron chi connectivity index (χ0n) is 12.9. The van der Waals surface area contributed by atoms with Crippen LogP contribution in [0.15, 0.2) is 12.3 Å². The maximum Gasteiger partial charge on any atom is 0.160 e. The number of hydrogen-bond donors (Lipinski definition) is 1. The number of hydrogen-bond acceptors (Lipinski definition) is 4. The Labute approximate surface area is 117 Å². The topological polar surface area (TPSA) is 47.0 Å². The first kappa shape index (κ1) is 16.1. The highest BCUT2D eigenvalue weighted by molar-refractivity contribution is 5.08. The van der Waals surface area contributed by atoms with Crippen LogP contribution in [-0.2, 0) is 16.9 Å².